The van der Waals surface area contributed by atoms with E-state index in [-0.39, 0.29) is 30.1 Å². The van der Waals surface area contributed by atoms with Crippen LogP contribution in [0.4, 0.5) is 0 Å². The zero-order chi connectivity index (χ0) is 17.8. The SMILES string of the molecule is CC(C(=O)N1CCOCC1)N1CCN(C(=O)[C@@H]2CC[C@H](CN)O2)CC1. The van der Waals surface area contributed by atoms with Crippen LogP contribution in [0.15, 0.2) is 0 Å². The Morgan fingerprint density at radius 3 is 2.32 bits per heavy atom. The molecule has 8 heteroatoms. The highest BCUT2D eigenvalue weighted by Crippen LogP contribution is 2.21. The first-order valence-corrected chi connectivity index (χ1v) is 9.35. The minimum atomic E-state index is -0.340. The highest BCUT2D eigenvalue weighted by Gasteiger charge is 2.35. The molecule has 0 aromatic carbocycles. The maximum absolute atomic E-state index is 12.6. The van der Waals surface area contributed by atoms with Crippen LogP contribution in [0.2, 0.25) is 0 Å². The molecule has 0 bridgehead atoms. The van der Waals surface area contributed by atoms with E-state index in [1.165, 1.54) is 0 Å². The first-order chi connectivity index (χ1) is 12.1. The number of morpholine rings is 1. The van der Waals surface area contributed by atoms with Crippen molar-refractivity contribution in [1.29, 1.82) is 0 Å². The molecule has 142 valence electrons. The van der Waals surface area contributed by atoms with Gasteiger partial charge in [-0.2, -0.15) is 0 Å². The van der Waals surface area contributed by atoms with Gasteiger partial charge >= 0.3 is 0 Å². The number of carbonyl (C=O) groups excluding carboxylic acids is 2. The highest BCUT2D eigenvalue weighted by atomic mass is 16.5. The van der Waals surface area contributed by atoms with Crippen LogP contribution >= 0.6 is 0 Å². The van der Waals surface area contributed by atoms with Crippen LogP contribution in [-0.2, 0) is 19.1 Å². The van der Waals surface area contributed by atoms with Crippen LogP contribution in [0, 0.1) is 0 Å². The van der Waals surface area contributed by atoms with Gasteiger partial charge in [-0.05, 0) is 19.8 Å². The predicted octanol–water partition coefficient (Wildman–Crippen LogP) is -1.12. The Balaban J connectivity index is 1.46. The second kappa shape index (κ2) is 8.44. The van der Waals surface area contributed by atoms with Crippen molar-refractivity contribution in [1.82, 2.24) is 14.7 Å². The summed E-state index contributed by atoms with van der Waals surface area (Å²) >= 11 is 0. The van der Waals surface area contributed by atoms with Gasteiger partial charge in [0.2, 0.25) is 5.91 Å². The Labute approximate surface area is 149 Å². The van der Waals surface area contributed by atoms with E-state index in [1.54, 1.807) is 0 Å². The number of hydrogen-bond donors (Lipinski definition) is 1. The van der Waals surface area contributed by atoms with Gasteiger partial charge in [-0.25, -0.2) is 0 Å². The quantitative estimate of drug-likeness (QED) is 0.688. The van der Waals surface area contributed by atoms with Gasteiger partial charge in [-0.15, -0.1) is 0 Å². The third-order valence-corrected chi connectivity index (χ3v) is 5.50. The molecule has 3 saturated heterocycles. The minimum absolute atomic E-state index is 0.0152. The Bertz CT molecular complexity index is 475. The molecule has 2 N–H and O–H groups in total. The van der Waals surface area contributed by atoms with E-state index in [4.69, 9.17) is 15.2 Å². The summed E-state index contributed by atoms with van der Waals surface area (Å²) in [6.07, 6.45) is 1.29. The third-order valence-electron chi connectivity index (χ3n) is 5.50. The molecule has 0 aromatic rings. The smallest absolute Gasteiger partial charge is 0.251 e. The lowest BCUT2D eigenvalue weighted by molar-refractivity contribution is -0.146. The maximum Gasteiger partial charge on any atom is 0.251 e. The van der Waals surface area contributed by atoms with Crippen LogP contribution in [0.5, 0.6) is 0 Å². The Hall–Kier alpha value is -1.22. The Morgan fingerprint density at radius 1 is 1.04 bits per heavy atom. The number of nitrogens with zero attached hydrogens (tertiary/aromatic N) is 3. The maximum atomic E-state index is 12.6. The molecule has 3 atom stereocenters. The molecule has 0 aliphatic carbocycles. The normalized spacial score (nSPS) is 29.7. The minimum Gasteiger partial charge on any atom is -0.378 e. The summed E-state index contributed by atoms with van der Waals surface area (Å²) in [5.74, 6) is 0.232. The van der Waals surface area contributed by atoms with E-state index in [9.17, 15) is 9.59 Å². The van der Waals surface area contributed by atoms with Crippen molar-refractivity contribution in [2.24, 2.45) is 5.73 Å². The van der Waals surface area contributed by atoms with E-state index in [0.717, 1.165) is 25.9 Å². The molecule has 0 radical (unpaired) electrons. The fourth-order valence-corrected chi connectivity index (χ4v) is 3.80. The fraction of sp³-hybridized carbons (Fsp3) is 0.882. The van der Waals surface area contributed by atoms with Crippen molar-refractivity contribution >= 4 is 11.8 Å². The van der Waals surface area contributed by atoms with Gasteiger partial charge in [0.15, 0.2) is 0 Å². The van der Waals surface area contributed by atoms with Gasteiger partial charge in [-0.1, -0.05) is 0 Å². The number of hydrogen-bond acceptors (Lipinski definition) is 6. The largest absolute Gasteiger partial charge is 0.378 e. The molecule has 2 amide bonds. The van der Waals surface area contributed by atoms with Crippen molar-refractivity contribution in [3.8, 4) is 0 Å². The van der Waals surface area contributed by atoms with Crippen molar-refractivity contribution in [3.05, 3.63) is 0 Å². The molecule has 0 spiro atoms. The lowest BCUT2D eigenvalue weighted by atomic mass is 10.1. The Morgan fingerprint density at radius 2 is 1.72 bits per heavy atom. The van der Waals surface area contributed by atoms with Crippen LogP contribution in [-0.4, -0.2) is 104 Å². The van der Waals surface area contributed by atoms with Gasteiger partial charge in [-0.3, -0.25) is 14.5 Å². The number of amides is 2. The van der Waals surface area contributed by atoms with E-state index in [2.05, 4.69) is 4.90 Å². The average Bonchev–Trinajstić information content (AvgIpc) is 3.16. The third kappa shape index (κ3) is 4.31. The summed E-state index contributed by atoms with van der Waals surface area (Å²) in [5, 5.41) is 0. The molecule has 8 nitrogen and oxygen atoms in total. The lowest BCUT2D eigenvalue weighted by Gasteiger charge is -2.40. The topological polar surface area (TPSA) is 88.3 Å². The molecule has 25 heavy (non-hydrogen) atoms. The lowest BCUT2D eigenvalue weighted by Crippen LogP contribution is -2.57. The summed E-state index contributed by atoms with van der Waals surface area (Å²) in [4.78, 5) is 31.1. The van der Waals surface area contributed by atoms with E-state index >= 15 is 0 Å². The first kappa shape index (κ1) is 18.6. The number of nitrogens with two attached hydrogens (primary N) is 1. The highest BCUT2D eigenvalue weighted by molar-refractivity contribution is 5.82. The van der Waals surface area contributed by atoms with Gasteiger partial charge < -0.3 is 25.0 Å². The predicted molar refractivity (Wildman–Crippen MR) is 92.0 cm³/mol. The standard InChI is InChI=1S/C17H30N4O4/c1-13(16(22)21-8-10-24-11-9-21)19-4-6-20(7-5-19)17(23)15-3-2-14(12-18)25-15/h13-15H,2-12,18H2,1H3/t13?,14-,15+/m1/s1. The zero-order valence-electron chi connectivity index (χ0n) is 15.1. The summed E-state index contributed by atoms with van der Waals surface area (Å²) in [7, 11) is 0. The number of piperazine rings is 1. The first-order valence-electron chi connectivity index (χ1n) is 9.35. The van der Waals surface area contributed by atoms with E-state index < -0.39 is 0 Å². The zero-order valence-corrected chi connectivity index (χ0v) is 15.1. The molecular formula is C17H30N4O4. The number of carbonyl (C=O) groups is 2. The van der Waals surface area contributed by atoms with Crippen LogP contribution < -0.4 is 5.73 Å². The molecule has 3 rings (SSSR count). The summed E-state index contributed by atoms with van der Waals surface area (Å²) in [6.45, 7) is 7.73. The van der Waals surface area contributed by atoms with Crippen LogP contribution in [0.25, 0.3) is 0 Å². The summed E-state index contributed by atoms with van der Waals surface area (Å²) in [6, 6.07) is -0.153. The number of rotatable bonds is 4. The van der Waals surface area contributed by atoms with Crippen molar-refractivity contribution in [3.63, 3.8) is 0 Å². The molecule has 0 aromatic heterocycles. The van der Waals surface area contributed by atoms with Crippen LogP contribution in [0.1, 0.15) is 19.8 Å². The molecule has 3 aliphatic rings. The van der Waals surface area contributed by atoms with Gasteiger partial charge in [0.25, 0.3) is 5.91 Å². The second-order valence-corrected chi connectivity index (χ2v) is 7.03. The Kier molecular flexibility index (Phi) is 6.27. The summed E-state index contributed by atoms with van der Waals surface area (Å²) < 4.78 is 11.0. The second-order valence-electron chi connectivity index (χ2n) is 7.03. The van der Waals surface area contributed by atoms with Crippen LogP contribution in [0.3, 0.4) is 0 Å². The number of ether oxygens (including phenoxy) is 2. The average molecular weight is 354 g/mol. The molecule has 1 unspecified atom stereocenters. The molecule has 3 aliphatic heterocycles. The fourth-order valence-electron chi connectivity index (χ4n) is 3.80. The van der Waals surface area contributed by atoms with E-state index in [1.807, 2.05) is 16.7 Å². The molecule has 3 heterocycles. The summed E-state index contributed by atoms with van der Waals surface area (Å²) in [5.41, 5.74) is 5.62. The van der Waals surface area contributed by atoms with Crippen molar-refractivity contribution in [2.45, 2.75) is 38.0 Å². The molecule has 3 fully saturated rings. The molecule has 0 saturated carbocycles. The van der Waals surface area contributed by atoms with Crippen molar-refractivity contribution < 1.29 is 19.1 Å². The van der Waals surface area contributed by atoms with Gasteiger partial charge in [0, 0.05) is 45.8 Å². The van der Waals surface area contributed by atoms with E-state index in [0.29, 0.717) is 45.9 Å². The van der Waals surface area contributed by atoms with Gasteiger partial charge in [0.1, 0.15) is 6.10 Å². The van der Waals surface area contributed by atoms with Gasteiger partial charge in [0.05, 0.1) is 25.4 Å². The monoisotopic (exact) mass is 354 g/mol. The molecular weight excluding hydrogens is 324 g/mol. The van der Waals surface area contributed by atoms with Crippen molar-refractivity contribution in [2.75, 3.05) is 59.0 Å².